The summed E-state index contributed by atoms with van der Waals surface area (Å²) in [5.41, 5.74) is 5.70. The third-order valence-electron chi connectivity index (χ3n) is 10.3. The van der Waals surface area contributed by atoms with E-state index in [-0.39, 0.29) is 0 Å². The first-order valence-electron chi connectivity index (χ1n) is 18.4. The topological polar surface area (TPSA) is 54.5 Å². The first kappa shape index (κ1) is 37.1. The lowest BCUT2D eigenvalue weighted by molar-refractivity contribution is -0.138. The Morgan fingerprint density at radius 2 is 0.915 bits per heavy atom. The van der Waals surface area contributed by atoms with Crippen molar-refractivity contribution in [2.75, 3.05) is 0 Å². The number of aromatic nitrogens is 3. The van der Waals surface area contributed by atoms with E-state index in [0.29, 0.717) is 67.3 Å². The molecule has 9 aromatic rings. The molecule has 0 spiro atoms. The van der Waals surface area contributed by atoms with Crippen molar-refractivity contribution in [3.63, 3.8) is 0 Å². The minimum absolute atomic E-state index is 0.291. The van der Waals surface area contributed by atoms with Crippen molar-refractivity contribution in [1.82, 2.24) is 14.5 Å². The van der Waals surface area contributed by atoms with Crippen LogP contribution < -0.4 is 0 Å². The number of hydrogen-bond acceptors (Lipinski definition) is 3. The van der Waals surface area contributed by atoms with Crippen LogP contribution in [0.3, 0.4) is 0 Å². The van der Waals surface area contributed by atoms with Gasteiger partial charge >= 0.3 is 12.4 Å². The van der Waals surface area contributed by atoms with Gasteiger partial charge in [0.2, 0.25) is 0 Å². The predicted octanol–water partition coefficient (Wildman–Crippen LogP) is 13.8. The van der Waals surface area contributed by atoms with E-state index in [0.717, 1.165) is 46.2 Å². The number of nitrogens with zero attached hydrogens (tertiary/aromatic N) is 4. The number of alkyl halides is 6. The van der Waals surface area contributed by atoms with Crippen LogP contribution in [-0.2, 0) is 12.4 Å². The largest absolute Gasteiger partial charge is 0.416 e. The average molecular weight is 787 g/mol. The normalized spacial score (nSPS) is 11.9. The maximum absolute atomic E-state index is 14.0. The maximum atomic E-state index is 14.0. The fraction of sp³-hybridized carbons (Fsp3) is 0.0408. The highest BCUT2D eigenvalue weighted by molar-refractivity contribution is 6.11. The molecule has 0 unspecified atom stereocenters. The van der Waals surface area contributed by atoms with Crippen molar-refractivity contribution in [2.45, 2.75) is 12.4 Å². The first-order valence-corrected chi connectivity index (χ1v) is 18.4. The van der Waals surface area contributed by atoms with E-state index in [2.05, 4.69) is 6.07 Å². The second-order valence-electron chi connectivity index (χ2n) is 14.0. The van der Waals surface area contributed by atoms with Crippen LogP contribution in [0, 0.1) is 11.3 Å². The molecule has 0 aliphatic rings. The van der Waals surface area contributed by atoms with Crippen molar-refractivity contribution in [3.8, 4) is 67.9 Å². The zero-order chi connectivity index (χ0) is 40.9. The molecular weight excluding hydrogens is 759 g/mol. The zero-order valence-electron chi connectivity index (χ0n) is 30.7. The maximum Gasteiger partial charge on any atom is 0.416 e. The van der Waals surface area contributed by atoms with Crippen LogP contribution in [0.5, 0.6) is 0 Å². The van der Waals surface area contributed by atoms with E-state index in [4.69, 9.17) is 9.97 Å². The van der Waals surface area contributed by atoms with E-state index in [1.54, 1.807) is 18.2 Å². The SMILES string of the molecule is N#Cc1ccc2c(c1)c1ccccc1n2-c1c(-c2ccc(C(F)(F)F)cc2)cc(-c2nc(-c3ccccc3)cc(-c3ccccc3)n2)cc1-c1ccc(C(F)(F)F)cc1. The molecule has 4 nitrogen and oxygen atoms in total. The summed E-state index contributed by atoms with van der Waals surface area (Å²) >= 11 is 0. The Hall–Kier alpha value is -7.51. The zero-order valence-corrected chi connectivity index (χ0v) is 30.7. The van der Waals surface area contributed by atoms with Crippen LogP contribution in [0.1, 0.15) is 16.7 Å². The van der Waals surface area contributed by atoms with Gasteiger partial charge in [0, 0.05) is 38.6 Å². The summed E-state index contributed by atoms with van der Waals surface area (Å²) in [5.74, 6) is 0.291. The number of para-hydroxylation sites is 1. The highest BCUT2D eigenvalue weighted by Gasteiger charge is 2.32. The van der Waals surface area contributed by atoms with Gasteiger partial charge in [-0.1, -0.05) is 103 Å². The molecule has 0 saturated carbocycles. The highest BCUT2D eigenvalue weighted by atomic mass is 19.4. The van der Waals surface area contributed by atoms with Crippen molar-refractivity contribution in [3.05, 3.63) is 187 Å². The Morgan fingerprint density at radius 3 is 1.41 bits per heavy atom. The quantitative estimate of drug-likeness (QED) is 0.158. The molecule has 0 amide bonds. The lowest BCUT2D eigenvalue weighted by Crippen LogP contribution is -2.06. The molecule has 10 heteroatoms. The summed E-state index contributed by atoms with van der Waals surface area (Å²) in [6.45, 7) is 0. The van der Waals surface area contributed by atoms with E-state index in [1.165, 1.54) is 24.3 Å². The number of hydrogen-bond donors (Lipinski definition) is 0. The molecule has 2 heterocycles. The Balaban J connectivity index is 1.42. The molecule has 0 N–H and O–H groups in total. The second-order valence-corrected chi connectivity index (χ2v) is 14.0. The molecule has 2 aromatic heterocycles. The van der Waals surface area contributed by atoms with Gasteiger partial charge in [-0.15, -0.1) is 0 Å². The summed E-state index contributed by atoms with van der Waals surface area (Å²) < 4.78 is 85.7. The van der Waals surface area contributed by atoms with Crippen molar-refractivity contribution in [1.29, 1.82) is 5.26 Å². The molecule has 0 atom stereocenters. The van der Waals surface area contributed by atoms with Crippen LogP contribution >= 0.6 is 0 Å². The first-order chi connectivity index (χ1) is 28.5. The Morgan fingerprint density at radius 1 is 0.441 bits per heavy atom. The van der Waals surface area contributed by atoms with Gasteiger partial charge in [0.25, 0.3) is 0 Å². The summed E-state index contributed by atoms with van der Waals surface area (Å²) in [5, 5.41) is 11.4. The van der Waals surface area contributed by atoms with E-state index in [9.17, 15) is 31.6 Å². The van der Waals surface area contributed by atoms with Crippen LogP contribution in [-0.4, -0.2) is 14.5 Å². The van der Waals surface area contributed by atoms with Crippen LogP contribution in [0.15, 0.2) is 170 Å². The number of halogens is 6. The van der Waals surface area contributed by atoms with Gasteiger partial charge in [-0.3, -0.25) is 0 Å². The van der Waals surface area contributed by atoms with E-state index >= 15 is 0 Å². The van der Waals surface area contributed by atoms with Gasteiger partial charge < -0.3 is 4.57 Å². The fourth-order valence-electron chi connectivity index (χ4n) is 7.50. The number of fused-ring (bicyclic) bond motifs is 3. The molecular formula is C49H28F6N4. The molecule has 0 bridgehead atoms. The number of rotatable bonds is 6. The van der Waals surface area contributed by atoms with Gasteiger partial charge in [0.05, 0.1) is 50.9 Å². The van der Waals surface area contributed by atoms with Gasteiger partial charge in [-0.05, 0) is 77.9 Å². The molecule has 9 rings (SSSR count). The second kappa shape index (κ2) is 14.5. The van der Waals surface area contributed by atoms with Crippen molar-refractivity contribution >= 4 is 21.8 Å². The van der Waals surface area contributed by atoms with Crippen LogP contribution in [0.4, 0.5) is 26.3 Å². The fourth-order valence-corrected chi connectivity index (χ4v) is 7.50. The molecule has 0 saturated heterocycles. The third-order valence-corrected chi connectivity index (χ3v) is 10.3. The lowest BCUT2D eigenvalue weighted by Gasteiger charge is -2.21. The molecule has 7 aromatic carbocycles. The van der Waals surface area contributed by atoms with E-state index < -0.39 is 23.5 Å². The standard InChI is InChI=1S/C49H28F6N4/c50-48(51,52)36-20-16-31(17-21-36)39-26-35(47-57-42(33-9-3-1-4-10-33)28-43(58-47)34-11-5-2-6-12-34)27-40(32-18-22-37(23-19-32)49(53,54)55)46(39)59-44-14-8-7-13-38(44)41-25-30(29-56)15-24-45(41)59/h1-28H. The summed E-state index contributed by atoms with van der Waals surface area (Å²) in [6.07, 6.45) is -9.20. The average Bonchev–Trinajstić information content (AvgIpc) is 3.59. The summed E-state index contributed by atoms with van der Waals surface area (Å²) in [6, 6.07) is 49.1. The number of benzene rings is 7. The van der Waals surface area contributed by atoms with Crippen molar-refractivity contribution < 1.29 is 26.3 Å². The Bertz CT molecular complexity index is 2920. The minimum Gasteiger partial charge on any atom is -0.308 e. The minimum atomic E-state index is -4.60. The Labute approximate surface area is 333 Å². The molecule has 0 aliphatic heterocycles. The summed E-state index contributed by atoms with van der Waals surface area (Å²) in [7, 11) is 0. The molecule has 0 aliphatic carbocycles. The predicted molar refractivity (Wildman–Crippen MR) is 218 cm³/mol. The van der Waals surface area contributed by atoms with Crippen molar-refractivity contribution in [2.24, 2.45) is 0 Å². The van der Waals surface area contributed by atoms with Gasteiger partial charge in [-0.25, -0.2) is 9.97 Å². The lowest BCUT2D eigenvalue weighted by atomic mass is 9.91. The van der Waals surface area contributed by atoms with E-state index in [1.807, 2.05) is 108 Å². The molecule has 59 heavy (non-hydrogen) atoms. The monoisotopic (exact) mass is 786 g/mol. The van der Waals surface area contributed by atoms with Crippen LogP contribution in [0.2, 0.25) is 0 Å². The summed E-state index contributed by atoms with van der Waals surface area (Å²) in [4.78, 5) is 10.1. The molecule has 0 radical (unpaired) electrons. The highest BCUT2D eigenvalue weighted by Crippen LogP contribution is 2.45. The Kier molecular flexibility index (Phi) is 9.09. The number of nitriles is 1. The van der Waals surface area contributed by atoms with Crippen LogP contribution in [0.25, 0.3) is 83.6 Å². The third kappa shape index (κ3) is 6.97. The molecule has 0 fully saturated rings. The van der Waals surface area contributed by atoms with Gasteiger partial charge in [0.15, 0.2) is 5.82 Å². The smallest absolute Gasteiger partial charge is 0.308 e. The van der Waals surface area contributed by atoms with Gasteiger partial charge in [-0.2, -0.15) is 31.6 Å². The van der Waals surface area contributed by atoms with Gasteiger partial charge in [0.1, 0.15) is 0 Å². The molecule has 286 valence electrons.